The molecular formula is C11H10F2N2O4. The number of imide groups is 1. The maximum Gasteiger partial charge on any atom is 0.341 e. The summed E-state index contributed by atoms with van der Waals surface area (Å²) in [6, 6.07) is 1.14. The lowest BCUT2D eigenvalue weighted by atomic mass is 10.2. The van der Waals surface area contributed by atoms with Crippen LogP contribution in [-0.4, -0.2) is 24.0 Å². The van der Waals surface area contributed by atoms with Crippen LogP contribution in [0, 0.1) is 11.6 Å². The van der Waals surface area contributed by atoms with Crippen molar-refractivity contribution in [3.8, 4) is 0 Å². The molecule has 0 fully saturated rings. The summed E-state index contributed by atoms with van der Waals surface area (Å²) in [4.78, 5) is 33.1. The molecule has 0 bridgehead atoms. The van der Waals surface area contributed by atoms with Gasteiger partial charge in [0.05, 0.1) is 5.56 Å². The zero-order chi connectivity index (χ0) is 14.6. The molecular weight excluding hydrogens is 262 g/mol. The van der Waals surface area contributed by atoms with E-state index in [9.17, 15) is 23.2 Å². The van der Waals surface area contributed by atoms with Gasteiger partial charge in [0.15, 0.2) is 6.10 Å². The molecule has 3 N–H and O–H groups in total. The van der Waals surface area contributed by atoms with E-state index in [0.717, 1.165) is 19.1 Å². The average Bonchev–Trinajstić information content (AvgIpc) is 2.27. The fraction of sp³-hybridized carbons (Fsp3) is 0.182. The predicted octanol–water partition coefficient (Wildman–Crippen LogP) is 0.705. The van der Waals surface area contributed by atoms with Crippen LogP contribution in [0.5, 0.6) is 0 Å². The molecule has 1 rings (SSSR count). The van der Waals surface area contributed by atoms with Crippen molar-refractivity contribution < 1.29 is 27.9 Å². The largest absolute Gasteiger partial charge is 0.449 e. The molecule has 0 saturated heterocycles. The van der Waals surface area contributed by atoms with Gasteiger partial charge >= 0.3 is 12.0 Å². The number of ether oxygens (including phenoxy) is 1. The second-order valence-electron chi connectivity index (χ2n) is 3.53. The van der Waals surface area contributed by atoms with Gasteiger partial charge in [-0.2, -0.15) is 0 Å². The van der Waals surface area contributed by atoms with E-state index in [1.165, 1.54) is 0 Å². The fourth-order valence-corrected chi connectivity index (χ4v) is 1.16. The molecule has 102 valence electrons. The molecule has 1 aromatic carbocycles. The van der Waals surface area contributed by atoms with Crippen molar-refractivity contribution >= 4 is 17.9 Å². The van der Waals surface area contributed by atoms with Gasteiger partial charge in [-0.3, -0.25) is 10.1 Å². The second kappa shape index (κ2) is 5.89. The monoisotopic (exact) mass is 272 g/mol. The Kier molecular flexibility index (Phi) is 4.51. The lowest BCUT2D eigenvalue weighted by Crippen LogP contribution is -2.42. The number of esters is 1. The molecule has 1 atom stereocenters. The van der Waals surface area contributed by atoms with Crippen molar-refractivity contribution in [3.63, 3.8) is 0 Å². The first-order valence-corrected chi connectivity index (χ1v) is 5.07. The Balaban J connectivity index is 2.74. The quantitative estimate of drug-likeness (QED) is 0.791. The standard InChI is InChI=1S/C11H10F2N2O4/c1-5(9(16)15-11(14)18)19-10(17)7-3-2-6(12)4-8(7)13/h2-5H,1H3,(H3,14,15,16,18)/t5-/m1/s1. The van der Waals surface area contributed by atoms with E-state index < -0.39 is 41.2 Å². The minimum absolute atomic E-state index is 0.505. The lowest BCUT2D eigenvalue weighted by Gasteiger charge is -2.12. The van der Waals surface area contributed by atoms with Crippen LogP contribution in [0.4, 0.5) is 13.6 Å². The van der Waals surface area contributed by atoms with E-state index in [0.29, 0.717) is 6.07 Å². The van der Waals surface area contributed by atoms with Crippen LogP contribution < -0.4 is 11.1 Å². The van der Waals surface area contributed by atoms with Crippen molar-refractivity contribution in [2.75, 3.05) is 0 Å². The van der Waals surface area contributed by atoms with Crippen molar-refractivity contribution in [2.45, 2.75) is 13.0 Å². The molecule has 0 aromatic heterocycles. The Bertz CT molecular complexity index is 533. The van der Waals surface area contributed by atoms with Gasteiger partial charge in [0.2, 0.25) is 0 Å². The number of halogens is 2. The molecule has 6 nitrogen and oxygen atoms in total. The smallest absolute Gasteiger partial charge is 0.341 e. The molecule has 0 saturated carbocycles. The molecule has 0 aliphatic rings. The van der Waals surface area contributed by atoms with Crippen LogP contribution in [0.25, 0.3) is 0 Å². The topological polar surface area (TPSA) is 98.5 Å². The Morgan fingerprint density at radius 2 is 1.95 bits per heavy atom. The van der Waals surface area contributed by atoms with E-state index in [-0.39, 0.29) is 0 Å². The number of hydrogen-bond donors (Lipinski definition) is 2. The summed E-state index contributed by atoms with van der Waals surface area (Å²) >= 11 is 0. The van der Waals surface area contributed by atoms with E-state index in [1.54, 1.807) is 5.32 Å². The SMILES string of the molecule is C[C@@H](OC(=O)c1ccc(F)cc1F)C(=O)NC(N)=O. The minimum Gasteiger partial charge on any atom is -0.449 e. The van der Waals surface area contributed by atoms with E-state index >= 15 is 0 Å². The Hall–Kier alpha value is -2.51. The highest BCUT2D eigenvalue weighted by molar-refractivity contribution is 5.98. The first kappa shape index (κ1) is 14.6. The number of hydrogen-bond acceptors (Lipinski definition) is 4. The van der Waals surface area contributed by atoms with Gasteiger partial charge in [0.25, 0.3) is 5.91 Å². The van der Waals surface area contributed by atoms with Crippen molar-refractivity contribution in [1.82, 2.24) is 5.32 Å². The Morgan fingerprint density at radius 3 is 2.47 bits per heavy atom. The molecule has 0 unspecified atom stereocenters. The Morgan fingerprint density at radius 1 is 1.32 bits per heavy atom. The number of benzene rings is 1. The number of nitrogens with one attached hydrogen (secondary N) is 1. The predicted molar refractivity (Wildman–Crippen MR) is 59.0 cm³/mol. The Labute approximate surface area is 106 Å². The van der Waals surface area contributed by atoms with Gasteiger partial charge in [-0.25, -0.2) is 18.4 Å². The van der Waals surface area contributed by atoms with Gasteiger partial charge in [-0.15, -0.1) is 0 Å². The molecule has 0 heterocycles. The average molecular weight is 272 g/mol. The molecule has 0 aliphatic heterocycles. The zero-order valence-electron chi connectivity index (χ0n) is 9.78. The molecule has 0 aliphatic carbocycles. The van der Waals surface area contributed by atoms with Gasteiger partial charge in [0.1, 0.15) is 11.6 Å². The number of urea groups is 1. The van der Waals surface area contributed by atoms with Crippen molar-refractivity contribution in [3.05, 3.63) is 35.4 Å². The zero-order valence-corrected chi connectivity index (χ0v) is 9.78. The van der Waals surface area contributed by atoms with E-state index in [2.05, 4.69) is 4.74 Å². The third-order valence-corrected chi connectivity index (χ3v) is 2.05. The summed E-state index contributed by atoms with van der Waals surface area (Å²) in [5.74, 6) is -4.09. The number of primary amides is 1. The number of amides is 3. The summed E-state index contributed by atoms with van der Waals surface area (Å²) in [5, 5.41) is 1.69. The lowest BCUT2D eigenvalue weighted by molar-refractivity contribution is -0.127. The highest BCUT2D eigenvalue weighted by Gasteiger charge is 2.22. The third kappa shape index (κ3) is 4.02. The summed E-state index contributed by atoms with van der Waals surface area (Å²) in [6.07, 6.45) is -1.36. The minimum atomic E-state index is -1.36. The summed E-state index contributed by atoms with van der Waals surface area (Å²) in [6.45, 7) is 1.16. The van der Waals surface area contributed by atoms with Crippen LogP contribution in [0.2, 0.25) is 0 Å². The van der Waals surface area contributed by atoms with Crippen molar-refractivity contribution in [1.29, 1.82) is 0 Å². The highest BCUT2D eigenvalue weighted by Crippen LogP contribution is 2.11. The fourth-order valence-electron chi connectivity index (χ4n) is 1.16. The van der Waals surface area contributed by atoms with Crippen LogP contribution in [0.15, 0.2) is 18.2 Å². The van der Waals surface area contributed by atoms with Crippen LogP contribution in [-0.2, 0) is 9.53 Å². The van der Waals surface area contributed by atoms with Gasteiger partial charge in [-0.1, -0.05) is 0 Å². The number of carbonyl (C=O) groups excluding carboxylic acids is 3. The summed E-state index contributed by atoms with van der Waals surface area (Å²) < 4.78 is 30.5. The van der Waals surface area contributed by atoms with Gasteiger partial charge in [-0.05, 0) is 19.1 Å². The number of carbonyl (C=O) groups is 3. The molecule has 3 amide bonds. The normalized spacial score (nSPS) is 11.5. The van der Waals surface area contributed by atoms with E-state index in [4.69, 9.17) is 5.73 Å². The van der Waals surface area contributed by atoms with Crippen LogP contribution >= 0.6 is 0 Å². The molecule has 0 radical (unpaired) electrons. The molecule has 19 heavy (non-hydrogen) atoms. The third-order valence-electron chi connectivity index (χ3n) is 2.05. The number of rotatable bonds is 3. The van der Waals surface area contributed by atoms with Crippen molar-refractivity contribution in [2.24, 2.45) is 5.73 Å². The summed E-state index contributed by atoms with van der Waals surface area (Å²) in [5.41, 5.74) is 4.17. The van der Waals surface area contributed by atoms with E-state index in [1.807, 2.05) is 0 Å². The second-order valence-corrected chi connectivity index (χ2v) is 3.53. The number of nitrogens with two attached hydrogens (primary N) is 1. The highest BCUT2D eigenvalue weighted by atomic mass is 19.1. The van der Waals surface area contributed by atoms with Gasteiger partial charge in [0, 0.05) is 6.07 Å². The first-order valence-electron chi connectivity index (χ1n) is 5.07. The molecule has 1 aromatic rings. The first-order chi connectivity index (χ1) is 8.81. The van der Waals surface area contributed by atoms with Crippen LogP contribution in [0.1, 0.15) is 17.3 Å². The summed E-state index contributed by atoms with van der Waals surface area (Å²) in [7, 11) is 0. The van der Waals surface area contributed by atoms with Gasteiger partial charge < -0.3 is 10.5 Å². The maximum absolute atomic E-state index is 13.2. The maximum atomic E-state index is 13.2. The molecule has 0 spiro atoms. The van der Waals surface area contributed by atoms with Crippen LogP contribution in [0.3, 0.4) is 0 Å². The molecule has 8 heteroatoms.